The minimum absolute atomic E-state index is 0.00934. The average molecular weight is 531 g/mol. The van der Waals surface area contributed by atoms with Crippen LogP contribution in [0.1, 0.15) is 35.3 Å². The van der Waals surface area contributed by atoms with E-state index in [2.05, 4.69) is 10.1 Å². The molecule has 2 atom stereocenters. The Labute approximate surface area is 223 Å². The fraction of sp³-hybridized carbons (Fsp3) is 0.357. The van der Waals surface area contributed by atoms with Crippen molar-refractivity contribution in [1.82, 2.24) is 24.6 Å². The molecule has 194 valence electrons. The van der Waals surface area contributed by atoms with Crippen LogP contribution in [0.15, 0.2) is 53.4 Å². The Balaban J connectivity index is 1.07. The molecule has 2 saturated carbocycles. The van der Waals surface area contributed by atoms with Gasteiger partial charge in [-0.05, 0) is 61.2 Å². The molecule has 10 heteroatoms. The van der Waals surface area contributed by atoms with Crippen LogP contribution in [0.4, 0.5) is 4.39 Å². The van der Waals surface area contributed by atoms with Crippen LogP contribution < -0.4 is 10.5 Å². The Hall–Kier alpha value is -3.63. The van der Waals surface area contributed by atoms with Crippen molar-refractivity contribution in [3.05, 3.63) is 70.4 Å². The number of piperidine rings is 1. The number of halogens is 1. The third-order valence-corrected chi connectivity index (χ3v) is 8.80. The van der Waals surface area contributed by atoms with Gasteiger partial charge in [-0.25, -0.2) is 14.4 Å². The molecule has 3 aromatic heterocycles. The molecule has 4 heterocycles. The number of carbonyl (C=O) groups is 1. The monoisotopic (exact) mass is 530 g/mol. The number of ether oxygens (including phenoxy) is 1. The molecule has 7 rings (SSSR count). The van der Waals surface area contributed by atoms with E-state index in [1.54, 1.807) is 29.4 Å². The predicted octanol–water partition coefficient (Wildman–Crippen LogP) is 4.23. The molecular weight excluding hydrogens is 503 g/mol. The van der Waals surface area contributed by atoms with Crippen molar-refractivity contribution in [2.75, 3.05) is 13.1 Å². The van der Waals surface area contributed by atoms with E-state index in [9.17, 15) is 9.18 Å². The first-order valence-electron chi connectivity index (χ1n) is 12.8. The van der Waals surface area contributed by atoms with Crippen LogP contribution in [0.5, 0.6) is 5.88 Å². The largest absolute Gasteiger partial charge is 0.474 e. The van der Waals surface area contributed by atoms with Crippen molar-refractivity contribution < 1.29 is 13.9 Å². The Morgan fingerprint density at radius 3 is 2.53 bits per heavy atom. The highest BCUT2D eigenvalue weighted by atomic mass is 32.1. The number of amides is 1. The molecule has 38 heavy (non-hydrogen) atoms. The zero-order valence-corrected chi connectivity index (χ0v) is 21.7. The van der Waals surface area contributed by atoms with E-state index >= 15 is 0 Å². The van der Waals surface area contributed by atoms with E-state index in [0.29, 0.717) is 30.4 Å². The molecule has 2 N–H and O–H groups in total. The van der Waals surface area contributed by atoms with Crippen LogP contribution in [0.25, 0.3) is 22.6 Å². The molecule has 8 nitrogen and oxygen atoms in total. The van der Waals surface area contributed by atoms with Crippen LogP contribution in [0.2, 0.25) is 0 Å². The van der Waals surface area contributed by atoms with E-state index in [1.165, 1.54) is 23.5 Å². The number of nitrogens with two attached hydrogens (primary N) is 1. The summed E-state index contributed by atoms with van der Waals surface area (Å²) in [7, 11) is 1.79. The van der Waals surface area contributed by atoms with Crippen molar-refractivity contribution in [3.8, 4) is 28.5 Å². The molecule has 3 aliphatic rings. The molecule has 2 aliphatic carbocycles. The molecule has 3 fully saturated rings. The zero-order valence-electron chi connectivity index (χ0n) is 20.9. The summed E-state index contributed by atoms with van der Waals surface area (Å²) in [6.45, 7) is 1.27. The maximum Gasteiger partial charge on any atom is 0.272 e. The zero-order chi connectivity index (χ0) is 26.0. The van der Waals surface area contributed by atoms with Crippen LogP contribution in [0.3, 0.4) is 0 Å². The van der Waals surface area contributed by atoms with Gasteiger partial charge >= 0.3 is 0 Å². The fourth-order valence-electron chi connectivity index (χ4n) is 5.71. The van der Waals surface area contributed by atoms with Gasteiger partial charge in [0, 0.05) is 54.5 Å². The third-order valence-electron chi connectivity index (χ3n) is 8.22. The Morgan fingerprint density at radius 2 is 1.87 bits per heavy atom. The number of pyridine rings is 1. The highest BCUT2D eigenvalue weighted by Crippen LogP contribution is 2.49. The van der Waals surface area contributed by atoms with Gasteiger partial charge < -0.3 is 15.4 Å². The summed E-state index contributed by atoms with van der Waals surface area (Å²) in [5, 5.41) is 6.40. The lowest BCUT2D eigenvalue weighted by molar-refractivity contribution is 0.0740. The second kappa shape index (κ2) is 8.71. The first-order valence-corrected chi connectivity index (χ1v) is 13.8. The predicted molar refractivity (Wildman–Crippen MR) is 141 cm³/mol. The smallest absolute Gasteiger partial charge is 0.272 e. The van der Waals surface area contributed by atoms with Crippen molar-refractivity contribution in [1.29, 1.82) is 0 Å². The standard InChI is InChI=1S/C28H27FN6O2S/c1-34-24(11-22(33-34)23-14-38-15-31-23)27(36)35-12-19-20(13-35)26(19)37-25-10-17(28(30)7-2-8-28)9-21(32-25)16-3-5-18(29)6-4-16/h3-6,9-11,14-15,19-20,26H,2,7-8,12-13,30H2,1H3. The van der Waals surface area contributed by atoms with Crippen molar-refractivity contribution in [3.63, 3.8) is 0 Å². The van der Waals surface area contributed by atoms with E-state index < -0.39 is 0 Å². The second-order valence-electron chi connectivity index (χ2n) is 10.6. The fourth-order valence-corrected chi connectivity index (χ4v) is 6.26. The SMILES string of the molecule is Cn1nc(-c2cscn2)cc1C(=O)N1CC2C(C1)C2Oc1cc(C2(N)CCC2)cc(-c2ccc(F)cc2)n1. The number of hydrogen-bond acceptors (Lipinski definition) is 7. The number of aryl methyl sites for hydroxylation is 1. The molecule has 1 amide bonds. The van der Waals surface area contributed by atoms with E-state index in [0.717, 1.165) is 41.8 Å². The van der Waals surface area contributed by atoms with Crippen LogP contribution >= 0.6 is 11.3 Å². The lowest BCUT2D eigenvalue weighted by Crippen LogP contribution is -2.43. The number of fused-ring (bicyclic) bond motifs is 1. The lowest BCUT2D eigenvalue weighted by atomic mass is 9.73. The van der Waals surface area contributed by atoms with Gasteiger partial charge in [0.15, 0.2) is 0 Å². The van der Waals surface area contributed by atoms with Crippen LogP contribution in [-0.2, 0) is 12.6 Å². The number of thiazole rings is 1. The van der Waals surface area contributed by atoms with E-state index in [-0.39, 0.29) is 35.2 Å². The first-order chi connectivity index (χ1) is 18.4. The maximum absolute atomic E-state index is 13.5. The quantitative estimate of drug-likeness (QED) is 0.401. The van der Waals surface area contributed by atoms with Gasteiger partial charge in [-0.2, -0.15) is 5.10 Å². The third kappa shape index (κ3) is 3.99. The highest BCUT2D eigenvalue weighted by molar-refractivity contribution is 7.07. The second-order valence-corrected chi connectivity index (χ2v) is 11.3. The number of rotatable bonds is 6. The topological polar surface area (TPSA) is 99.2 Å². The molecule has 0 bridgehead atoms. The summed E-state index contributed by atoms with van der Waals surface area (Å²) >= 11 is 1.50. The Bertz CT molecular complexity index is 1500. The Morgan fingerprint density at radius 1 is 1.11 bits per heavy atom. The summed E-state index contributed by atoms with van der Waals surface area (Å²) in [6, 6.07) is 12.1. The molecule has 4 aromatic rings. The summed E-state index contributed by atoms with van der Waals surface area (Å²) in [6.07, 6.45) is 2.95. The van der Waals surface area contributed by atoms with Crippen LogP contribution in [0, 0.1) is 17.7 Å². The van der Waals surface area contributed by atoms with Gasteiger partial charge in [-0.3, -0.25) is 9.48 Å². The van der Waals surface area contributed by atoms with Gasteiger partial charge in [0.1, 0.15) is 29.0 Å². The first kappa shape index (κ1) is 23.5. The molecule has 0 spiro atoms. The minimum atomic E-state index is -0.376. The molecule has 1 aromatic carbocycles. The number of nitrogens with zero attached hydrogens (tertiary/aromatic N) is 5. The summed E-state index contributed by atoms with van der Waals surface area (Å²) in [4.78, 5) is 24.2. The Kier molecular flexibility index (Phi) is 5.38. The number of carbonyl (C=O) groups excluding carboxylic acids is 1. The summed E-state index contributed by atoms with van der Waals surface area (Å²) in [5.74, 6) is 0.753. The number of benzene rings is 1. The van der Waals surface area contributed by atoms with Crippen molar-refractivity contribution in [2.24, 2.45) is 24.6 Å². The lowest BCUT2D eigenvalue weighted by Gasteiger charge is -2.38. The van der Waals surface area contributed by atoms with Gasteiger partial charge in [0.25, 0.3) is 5.91 Å². The van der Waals surface area contributed by atoms with Crippen molar-refractivity contribution in [2.45, 2.75) is 30.9 Å². The van der Waals surface area contributed by atoms with E-state index in [1.807, 2.05) is 28.5 Å². The highest BCUT2D eigenvalue weighted by Gasteiger charge is 2.59. The summed E-state index contributed by atoms with van der Waals surface area (Å²) in [5.41, 5.74) is 12.6. The molecule has 0 radical (unpaired) electrons. The number of hydrogen-bond donors (Lipinski definition) is 1. The molecule has 1 saturated heterocycles. The molecule has 2 unspecified atom stereocenters. The van der Waals surface area contributed by atoms with Crippen LogP contribution in [-0.4, -0.2) is 49.7 Å². The minimum Gasteiger partial charge on any atom is -0.474 e. The summed E-state index contributed by atoms with van der Waals surface area (Å²) < 4.78 is 21.5. The van der Waals surface area contributed by atoms with Gasteiger partial charge in [0.05, 0.1) is 11.2 Å². The van der Waals surface area contributed by atoms with E-state index in [4.69, 9.17) is 15.5 Å². The molecule has 1 aliphatic heterocycles. The average Bonchev–Trinajstić information content (AvgIpc) is 3.41. The number of aromatic nitrogens is 4. The van der Waals surface area contributed by atoms with Crippen molar-refractivity contribution >= 4 is 17.2 Å². The van der Waals surface area contributed by atoms with Gasteiger partial charge in [-0.15, -0.1) is 11.3 Å². The van der Waals surface area contributed by atoms with Gasteiger partial charge in [0.2, 0.25) is 5.88 Å². The maximum atomic E-state index is 13.5. The number of likely N-dealkylation sites (tertiary alicyclic amines) is 1. The van der Waals surface area contributed by atoms with Gasteiger partial charge in [-0.1, -0.05) is 0 Å². The normalized spacial score (nSPS) is 23.1. The molecular formula is C28H27FN6O2S.